The van der Waals surface area contributed by atoms with Gasteiger partial charge in [-0.05, 0) is 47.1 Å². The smallest absolute Gasteiger partial charge is 0.291 e. The van der Waals surface area contributed by atoms with E-state index >= 15 is 0 Å². The van der Waals surface area contributed by atoms with Crippen molar-refractivity contribution in [3.63, 3.8) is 0 Å². The summed E-state index contributed by atoms with van der Waals surface area (Å²) in [7, 11) is 0. The van der Waals surface area contributed by atoms with Gasteiger partial charge in [0.2, 0.25) is 0 Å². The molecule has 3 rings (SSSR count). The molecule has 154 valence electrons. The summed E-state index contributed by atoms with van der Waals surface area (Å²) in [6.07, 6.45) is 0. The van der Waals surface area contributed by atoms with Crippen LogP contribution >= 0.6 is 15.9 Å². The maximum absolute atomic E-state index is 12.4. The number of amides is 1. The monoisotopic (exact) mass is 475 g/mol. The highest BCUT2D eigenvalue weighted by molar-refractivity contribution is 9.10. The number of ether oxygens (including phenoxy) is 1. The van der Waals surface area contributed by atoms with Crippen LogP contribution in [0.25, 0.3) is 0 Å². The topological polar surface area (TPSA) is 138 Å². The molecule has 0 radical (unpaired) electrons. The molecule has 1 aromatic heterocycles. The number of nitro benzene ring substituents is 2. The minimum atomic E-state index is -0.748. The van der Waals surface area contributed by atoms with Gasteiger partial charge in [0, 0.05) is 12.1 Å². The zero-order valence-corrected chi connectivity index (χ0v) is 17.0. The van der Waals surface area contributed by atoms with Gasteiger partial charge in [0.25, 0.3) is 17.3 Å². The average molecular weight is 476 g/mol. The summed E-state index contributed by atoms with van der Waals surface area (Å²) in [4.78, 5) is 33.2. The SMILES string of the molecule is Cc1c([N+](=O)[O-])cc(NC(=O)c2ccc(COc3ccccc3Br)o2)cc1[N+](=O)[O-]. The van der Waals surface area contributed by atoms with E-state index in [0.717, 1.165) is 16.6 Å². The zero-order valence-electron chi connectivity index (χ0n) is 15.5. The van der Waals surface area contributed by atoms with Crippen LogP contribution in [0.1, 0.15) is 21.9 Å². The van der Waals surface area contributed by atoms with Crippen molar-refractivity contribution in [3.8, 4) is 5.75 Å². The van der Waals surface area contributed by atoms with Crippen molar-refractivity contribution in [3.05, 3.63) is 90.3 Å². The molecule has 0 saturated carbocycles. The fourth-order valence-electron chi connectivity index (χ4n) is 2.62. The summed E-state index contributed by atoms with van der Waals surface area (Å²) < 4.78 is 11.8. The van der Waals surface area contributed by atoms with Crippen LogP contribution in [0, 0.1) is 27.2 Å². The Labute approximate surface area is 177 Å². The largest absolute Gasteiger partial charge is 0.484 e. The molecule has 11 heteroatoms. The molecule has 10 nitrogen and oxygen atoms in total. The number of carbonyl (C=O) groups is 1. The third kappa shape index (κ3) is 4.63. The lowest BCUT2D eigenvalue weighted by Gasteiger charge is -2.07. The van der Waals surface area contributed by atoms with Crippen molar-refractivity contribution < 1.29 is 23.8 Å². The number of para-hydroxylation sites is 1. The number of halogens is 1. The summed E-state index contributed by atoms with van der Waals surface area (Å²) >= 11 is 3.36. The molecule has 3 aromatic rings. The molecule has 0 fully saturated rings. The Kier molecular flexibility index (Phi) is 6.11. The van der Waals surface area contributed by atoms with E-state index < -0.39 is 27.1 Å². The molecule has 1 N–H and O–H groups in total. The lowest BCUT2D eigenvalue weighted by atomic mass is 10.1. The van der Waals surface area contributed by atoms with Gasteiger partial charge in [0.1, 0.15) is 23.7 Å². The number of benzene rings is 2. The second-order valence-electron chi connectivity index (χ2n) is 6.09. The van der Waals surface area contributed by atoms with Crippen LogP contribution < -0.4 is 10.1 Å². The minimum absolute atomic E-state index is 0.0668. The highest BCUT2D eigenvalue weighted by Crippen LogP contribution is 2.32. The Morgan fingerprint density at radius 1 is 1.10 bits per heavy atom. The minimum Gasteiger partial charge on any atom is -0.484 e. The molecule has 0 aliphatic heterocycles. The van der Waals surface area contributed by atoms with Crippen molar-refractivity contribution in [2.24, 2.45) is 0 Å². The van der Waals surface area contributed by atoms with Crippen molar-refractivity contribution >= 4 is 38.9 Å². The lowest BCUT2D eigenvalue weighted by Crippen LogP contribution is -2.12. The number of anilines is 1. The number of nitrogens with zero attached hydrogens (tertiary/aromatic N) is 2. The summed E-state index contributed by atoms with van der Waals surface area (Å²) in [5.74, 6) is 0.178. The Morgan fingerprint density at radius 2 is 1.73 bits per heavy atom. The van der Waals surface area contributed by atoms with E-state index in [2.05, 4.69) is 21.2 Å². The number of carbonyl (C=O) groups excluding carboxylic acids is 1. The third-order valence-electron chi connectivity index (χ3n) is 4.10. The first-order chi connectivity index (χ1) is 14.3. The predicted octanol–water partition coefficient (Wildman–Crippen LogP) is 5.00. The van der Waals surface area contributed by atoms with E-state index in [0.29, 0.717) is 11.5 Å². The van der Waals surface area contributed by atoms with Gasteiger partial charge in [-0.2, -0.15) is 0 Å². The van der Waals surface area contributed by atoms with Crippen LogP contribution in [0.4, 0.5) is 17.1 Å². The highest BCUT2D eigenvalue weighted by Gasteiger charge is 2.24. The summed E-state index contributed by atoms with van der Waals surface area (Å²) in [6, 6.07) is 12.3. The molecule has 1 heterocycles. The molecule has 0 saturated heterocycles. The van der Waals surface area contributed by atoms with Gasteiger partial charge in [-0.15, -0.1) is 0 Å². The molecule has 0 unspecified atom stereocenters. The number of nitrogens with one attached hydrogen (secondary N) is 1. The van der Waals surface area contributed by atoms with Gasteiger partial charge in [-0.25, -0.2) is 0 Å². The second kappa shape index (κ2) is 8.74. The van der Waals surface area contributed by atoms with Crippen LogP contribution in [-0.4, -0.2) is 15.8 Å². The second-order valence-corrected chi connectivity index (χ2v) is 6.95. The van der Waals surface area contributed by atoms with Crippen molar-refractivity contribution in [1.82, 2.24) is 0 Å². The Morgan fingerprint density at radius 3 is 2.33 bits per heavy atom. The first-order valence-electron chi connectivity index (χ1n) is 8.47. The molecule has 0 aliphatic rings. The van der Waals surface area contributed by atoms with Crippen LogP contribution in [0.3, 0.4) is 0 Å². The Balaban J connectivity index is 1.75. The zero-order chi connectivity index (χ0) is 21.8. The van der Waals surface area contributed by atoms with E-state index in [-0.39, 0.29) is 23.6 Å². The first kappa shape index (κ1) is 21.0. The molecular weight excluding hydrogens is 462 g/mol. The van der Waals surface area contributed by atoms with E-state index in [1.807, 2.05) is 12.1 Å². The van der Waals surface area contributed by atoms with Crippen LogP contribution in [-0.2, 0) is 6.61 Å². The summed E-state index contributed by atoms with van der Waals surface area (Å²) in [5, 5.41) is 24.7. The van der Waals surface area contributed by atoms with Crippen molar-refractivity contribution in [2.45, 2.75) is 13.5 Å². The number of hydrogen-bond donors (Lipinski definition) is 1. The molecule has 0 aliphatic carbocycles. The summed E-state index contributed by atoms with van der Waals surface area (Å²) in [6.45, 7) is 1.34. The number of hydrogen-bond acceptors (Lipinski definition) is 7. The molecule has 2 aromatic carbocycles. The van der Waals surface area contributed by atoms with Gasteiger partial charge >= 0.3 is 0 Å². The Bertz CT molecular complexity index is 1110. The van der Waals surface area contributed by atoms with Gasteiger partial charge in [-0.3, -0.25) is 25.0 Å². The first-order valence-corrected chi connectivity index (χ1v) is 9.26. The van der Waals surface area contributed by atoms with Gasteiger partial charge in [-0.1, -0.05) is 12.1 Å². The lowest BCUT2D eigenvalue weighted by molar-refractivity contribution is -0.395. The predicted molar refractivity (Wildman–Crippen MR) is 110 cm³/mol. The maximum Gasteiger partial charge on any atom is 0.291 e. The van der Waals surface area contributed by atoms with Crippen LogP contribution in [0.2, 0.25) is 0 Å². The van der Waals surface area contributed by atoms with Crippen molar-refractivity contribution in [2.75, 3.05) is 5.32 Å². The Hall–Kier alpha value is -3.73. The number of furan rings is 1. The van der Waals surface area contributed by atoms with E-state index in [1.165, 1.54) is 13.0 Å². The summed E-state index contributed by atoms with van der Waals surface area (Å²) in [5.41, 5.74) is -1.14. The van der Waals surface area contributed by atoms with Gasteiger partial charge in [0.15, 0.2) is 5.76 Å². The van der Waals surface area contributed by atoms with Crippen LogP contribution in [0.15, 0.2) is 57.4 Å². The molecular formula is C19H14BrN3O7. The highest BCUT2D eigenvalue weighted by atomic mass is 79.9. The molecule has 0 atom stereocenters. The van der Waals surface area contributed by atoms with Gasteiger partial charge < -0.3 is 14.5 Å². The van der Waals surface area contributed by atoms with Gasteiger partial charge in [0.05, 0.1) is 20.0 Å². The number of nitro groups is 2. The third-order valence-corrected chi connectivity index (χ3v) is 4.75. The molecule has 1 amide bonds. The molecule has 0 spiro atoms. The standard InChI is InChI=1S/C19H14BrN3O7/c1-11-15(22(25)26)8-12(9-16(11)23(27)28)21-19(24)18-7-6-13(30-18)10-29-17-5-3-2-4-14(17)20/h2-9H,10H2,1H3,(H,21,24). The fourth-order valence-corrected chi connectivity index (χ4v) is 3.02. The van der Waals surface area contributed by atoms with Crippen LogP contribution in [0.5, 0.6) is 5.75 Å². The average Bonchev–Trinajstić information content (AvgIpc) is 3.17. The number of rotatable bonds is 7. The maximum atomic E-state index is 12.4. The fraction of sp³-hybridized carbons (Fsp3) is 0.105. The molecule has 30 heavy (non-hydrogen) atoms. The molecule has 0 bridgehead atoms. The normalized spacial score (nSPS) is 10.5. The van der Waals surface area contributed by atoms with E-state index in [4.69, 9.17) is 9.15 Å². The van der Waals surface area contributed by atoms with E-state index in [9.17, 15) is 25.0 Å². The quantitative estimate of drug-likeness (QED) is 0.374. The van der Waals surface area contributed by atoms with E-state index in [1.54, 1.807) is 18.2 Å². The van der Waals surface area contributed by atoms with Crippen molar-refractivity contribution in [1.29, 1.82) is 0 Å².